The lowest BCUT2D eigenvalue weighted by atomic mass is 10.3. The van der Waals surface area contributed by atoms with Crippen LogP contribution in [0, 0.1) is 5.92 Å². The van der Waals surface area contributed by atoms with E-state index in [1.807, 2.05) is 18.2 Å². The summed E-state index contributed by atoms with van der Waals surface area (Å²) >= 11 is 0. The van der Waals surface area contributed by atoms with Crippen LogP contribution in [0.1, 0.15) is 26.7 Å². The molecule has 25 heavy (non-hydrogen) atoms. The molecule has 0 saturated heterocycles. The van der Waals surface area contributed by atoms with Gasteiger partial charge in [0.15, 0.2) is 0 Å². The largest absolute Gasteiger partial charge is 0.309 e. The van der Waals surface area contributed by atoms with Crippen molar-refractivity contribution in [1.82, 2.24) is 19.8 Å². The lowest BCUT2D eigenvalue weighted by Gasteiger charge is -2.19. The molecule has 6 heteroatoms. The summed E-state index contributed by atoms with van der Waals surface area (Å²) < 4.78 is 2.12. The first kappa shape index (κ1) is 17.9. The summed E-state index contributed by atoms with van der Waals surface area (Å²) in [4.78, 5) is 19.3. The van der Waals surface area contributed by atoms with Crippen molar-refractivity contribution in [3.63, 3.8) is 0 Å². The third-order valence-corrected chi connectivity index (χ3v) is 4.86. The number of carbonyl (C=O) groups excluding carboxylic acids is 1. The number of rotatable bonds is 10. The van der Waals surface area contributed by atoms with Gasteiger partial charge in [-0.15, -0.1) is 0 Å². The molecule has 1 aromatic carbocycles. The second-order valence-electron chi connectivity index (χ2n) is 6.73. The van der Waals surface area contributed by atoms with E-state index < -0.39 is 0 Å². The van der Waals surface area contributed by atoms with E-state index in [0.29, 0.717) is 12.5 Å². The molecule has 0 aliphatic heterocycles. The van der Waals surface area contributed by atoms with Gasteiger partial charge >= 0.3 is 0 Å². The summed E-state index contributed by atoms with van der Waals surface area (Å²) in [5.41, 5.74) is 1.99. The summed E-state index contributed by atoms with van der Waals surface area (Å²) in [5, 5.41) is 6.22. The Morgan fingerprint density at radius 3 is 2.76 bits per heavy atom. The molecule has 1 saturated carbocycles. The molecule has 3 rings (SSSR count). The Kier molecular flexibility index (Phi) is 6.04. The van der Waals surface area contributed by atoms with E-state index in [2.05, 4.69) is 45.0 Å². The van der Waals surface area contributed by atoms with Crippen LogP contribution in [0.15, 0.2) is 24.3 Å². The molecule has 1 heterocycles. The Bertz CT molecular complexity index is 703. The van der Waals surface area contributed by atoms with Crippen molar-refractivity contribution in [1.29, 1.82) is 0 Å². The number of fused-ring (bicyclic) bond motifs is 1. The van der Waals surface area contributed by atoms with Crippen LogP contribution in [0.25, 0.3) is 11.0 Å². The highest BCUT2D eigenvalue weighted by Gasteiger charge is 2.21. The van der Waals surface area contributed by atoms with Gasteiger partial charge in [-0.3, -0.25) is 10.1 Å². The molecule has 0 atom stereocenters. The van der Waals surface area contributed by atoms with E-state index in [-0.39, 0.29) is 5.91 Å². The van der Waals surface area contributed by atoms with Gasteiger partial charge in [0, 0.05) is 13.1 Å². The number of imidazole rings is 1. The van der Waals surface area contributed by atoms with Gasteiger partial charge in [0.1, 0.15) is 0 Å². The van der Waals surface area contributed by atoms with Gasteiger partial charge in [-0.1, -0.05) is 26.0 Å². The Hall–Kier alpha value is -1.92. The van der Waals surface area contributed by atoms with Crippen molar-refractivity contribution in [2.45, 2.75) is 33.2 Å². The predicted octanol–water partition coefficient (Wildman–Crippen LogP) is 2.32. The first-order valence-electron chi connectivity index (χ1n) is 9.39. The monoisotopic (exact) mass is 343 g/mol. The molecule has 0 spiro atoms. The van der Waals surface area contributed by atoms with Gasteiger partial charge in [0.25, 0.3) is 0 Å². The predicted molar refractivity (Wildman–Crippen MR) is 102 cm³/mol. The molecule has 1 aliphatic rings. The highest BCUT2D eigenvalue weighted by atomic mass is 16.2. The minimum absolute atomic E-state index is 0.0277. The zero-order chi connectivity index (χ0) is 17.6. The Morgan fingerprint density at radius 1 is 1.28 bits per heavy atom. The number of aromatic nitrogens is 2. The quantitative estimate of drug-likeness (QED) is 0.695. The molecule has 1 aromatic heterocycles. The van der Waals surface area contributed by atoms with Crippen LogP contribution < -0.4 is 10.6 Å². The lowest BCUT2D eigenvalue weighted by molar-refractivity contribution is -0.115. The van der Waals surface area contributed by atoms with Crippen LogP contribution in [0.5, 0.6) is 0 Å². The fraction of sp³-hybridized carbons (Fsp3) is 0.579. The fourth-order valence-corrected chi connectivity index (χ4v) is 3.06. The van der Waals surface area contributed by atoms with Crippen molar-refractivity contribution in [3.05, 3.63) is 24.3 Å². The molecule has 2 aromatic rings. The topological polar surface area (TPSA) is 62.2 Å². The number of anilines is 1. The molecule has 0 bridgehead atoms. The molecule has 0 unspecified atom stereocenters. The standard InChI is InChI=1S/C19H29N5O/c1-3-23(4-2)11-12-24-17-8-6-5-7-16(17)21-19(24)22-18(25)14-20-13-15-9-10-15/h5-8,15,20H,3-4,9-14H2,1-2H3,(H,21,22,25). The van der Waals surface area contributed by atoms with Crippen LogP contribution >= 0.6 is 0 Å². The summed E-state index contributed by atoms with van der Waals surface area (Å²) in [6.07, 6.45) is 2.57. The maximum Gasteiger partial charge on any atom is 0.240 e. The summed E-state index contributed by atoms with van der Waals surface area (Å²) in [6.45, 7) is 9.42. The second-order valence-corrected chi connectivity index (χ2v) is 6.73. The smallest absolute Gasteiger partial charge is 0.240 e. The zero-order valence-corrected chi connectivity index (χ0v) is 15.3. The summed E-state index contributed by atoms with van der Waals surface area (Å²) in [6, 6.07) is 8.05. The second kappa shape index (κ2) is 8.45. The van der Waals surface area contributed by atoms with Gasteiger partial charge in [-0.05, 0) is 50.5 Å². The van der Waals surface area contributed by atoms with Crippen LogP contribution in [0.4, 0.5) is 5.95 Å². The number of para-hydroxylation sites is 2. The van der Waals surface area contributed by atoms with Crippen molar-refractivity contribution >= 4 is 22.9 Å². The van der Waals surface area contributed by atoms with E-state index >= 15 is 0 Å². The van der Waals surface area contributed by atoms with Crippen LogP contribution in [0.3, 0.4) is 0 Å². The lowest BCUT2D eigenvalue weighted by Crippen LogP contribution is -2.31. The number of carbonyl (C=O) groups is 1. The van der Waals surface area contributed by atoms with E-state index in [0.717, 1.165) is 49.7 Å². The number of hydrogen-bond acceptors (Lipinski definition) is 4. The molecule has 6 nitrogen and oxygen atoms in total. The van der Waals surface area contributed by atoms with Crippen molar-refractivity contribution in [3.8, 4) is 0 Å². The van der Waals surface area contributed by atoms with Crippen LogP contribution in [0.2, 0.25) is 0 Å². The molecule has 2 N–H and O–H groups in total. The first-order chi connectivity index (χ1) is 12.2. The SMILES string of the molecule is CCN(CC)CCn1c(NC(=O)CNCC2CC2)nc2ccccc21. The maximum atomic E-state index is 12.3. The minimum Gasteiger partial charge on any atom is -0.309 e. The number of amides is 1. The molecular weight excluding hydrogens is 314 g/mol. The molecule has 136 valence electrons. The fourth-order valence-electron chi connectivity index (χ4n) is 3.06. The Balaban J connectivity index is 1.68. The van der Waals surface area contributed by atoms with Crippen molar-refractivity contribution in [2.24, 2.45) is 5.92 Å². The third-order valence-electron chi connectivity index (χ3n) is 4.86. The average Bonchev–Trinajstić information content (AvgIpc) is 3.37. The minimum atomic E-state index is -0.0277. The number of nitrogens with one attached hydrogen (secondary N) is 2. The molecule has 1 amide bonds. The summed E-state index contributed by atoms with van der Waals surface area (Å²) in [7, 11) is 0. The van der Waals surface area contributed by atoms with Gasteiger partial charge < -0.3 is 14.8 Å². The highest BCUT2D eigenvalue weighted by molar-refractivity contribution is 5.92. The van der Waals surface area contributed by atoms with Gasteiger partial charge in [0.2, 0.25) is 11.9 Å². The van der Waals surface area contributed by atoms with E-state index in [9.17, 15) is 4.79 Å². The van der Waals surface area contributed by atoms with E-state index in [1.54, 1.807) is 0 Å². The normalized spacial score (nSPS) is 14.4. The van der Waals surface area contributed by atoms with Crippen molar-refractivity contribution < 1.29 is 4.79 Å². The van der Waals surface area contributed by atoms with Gasteiger partial charge in [0.05, 0.1) is 17.6 Å². The Labute approximate surface area is 149 Å². The van der Waals surface area contributed by atoms with Crippen molar-refractivity contribution in [2.75, 3.05) is 38.0 Å². The molecular formula is C19H29N5O. The number of nitrogens with zero attached hydrogens (tertiary/aromatic N) is 3. The Morgan fingerprint density at radius 2 is 2.04 bits per heavy atom. The van der Waals surface area contributed by atoms with Gasteiger partial charge in [-0.2, -0.15) is 0 Å². The van der Waals surface area contributed by atoms with Crippen LogP contribution in [-0.2, 0) is 11.3 Å². The highest BCUT2D eigenvalue weighted by Crippen LogP contribution is 2.27. The summed E-state index contributed by atoms with van der Waals surface area (Å²) in [5.74, 6) is 1.39. The number of hydrogen-bond donors (Lipinski definition) is 2. The van der Waals surface area contributed by atoms with Crippen LogP contribution in [-0.4, -0.2) is 53.1 Å². The average molecular weight is 343 g/mol. The first-order valence-corrected chi connectivity index (χ1v) is 9.39. The third kappa shape index (κ3) is 4.80. The van der Waals surface area contributed by atoms with Gasteiger partial charge in [-0.25, -0.2) is 4.98 Å². The van der Waals surface area contributed by atoms with E-state index in [1.165, 1.54) is 12.8 Å². The number of benzene rings is 1. The molecule has 0 radical (unpaired) electrons. The zero-order valence-electron chi connectivity index (χ0n) is 15.3. The molecule has 1 aliphatic carbocycles. The van der Waals surface area contributed by atoms with E-state index in [4.69, 9.17) is 0 Å². The maximum absolute atomic E-state index is 12.3. The molecule has 1 fully saturated rings. The number of likely N-dealkylation sites (N-methyl/N-ethyl adjacent to an activating group) is 1.